The van der Waals surface area contributed by atoms with E-state index in [4.69, 9.17) is 0 Å². The zero-order valence-corrected chi connectivity index (χ0v) is 8.44. The second-order valence-corrected chi connectivity index (χ2v) is 3.23. The topological polar surface area (TPSA) is 29.9 Å². The summed E-state index contributed by atoms with van der Waals surface area (Å²) in [5.74, 6) is -0.258. The highest BCUT2D eigenvalue weighted by Gasteiger charge is 2.09. The molecule has 0 aliphatic heterocycles. The van der Waals surface area contributed by atoms with E-state index in [0.29, 0.717) is 12.2 Å². The van der Waals surface area contributed by atoms with Gasteiger partial charge in [-0.15, -0.1) is 0 Å². The van der Waals surface area contributed by atoms with Crippen LogP contribution < -0.4 is 5.32 Å². The van der Waals surface area contributed by atoms with Gasteiger partial charge in [0.2, 0.25) is 0 Å². The van der Waals surface area contributed by atoms with E-state index >= 15 is 0 Å². The zero-order valence-electron chi connectivity index (χ0n) is 8.44. The third kappa shape index (κ3) is 1.89. The molecule has 0 atom stereocenters. The first-order chi connectivity index (χ1) is 7.33. The third-order valence-electron chi connectivity index (χ3n) is 2.17. The van der Waals surface area contributed by atoms with Crippen LogP contribution in [0.1, 0.15) is 5.56 Å². The quantitative estimate of drug-likeness (QED) is 0.827. The summed E-state index contributed by atoms with van der Waals surface area (Å²) < 4.78 is 15.2. The highest BCUT2D eigenvalue weighted by atomic mass is 19.1. The second-order valence-electron chi connectivity index (χ2n) is 3.23. The van der Waals surface area contributed by atoms with E-state index in [-0.39, 0.29) is 5.82 Å². The van der Waals surface area contributed by atoms with Gasteiger partial charge in [0.1, 0.15) is 11.5 Å². The number of halogens is 1. The molecule has 0 fully saturated rings. The first-order valence-corrected chi connectivity index (χ1v) is 4.75. The summed E-state index contributed by atoms with van der Waals surface area (Å²) in [6, 6.07) is 6.80. The van der Waals surface area contributed by atoms with Crippen molar-refractivity contribution in [3.63, 3.8) is 0 Å². The van der Waals surface area contributed by atoms with Crippen LogP contribution >= 0.6 is 0 Å². The van der Waals surface area contributed by atoms with Crippen LogP contribution in [-0.4, -0.2) is 16.8 Å². The fourth-order valence-corrected chi connectivity index (χ4v) is 1.55. The monoisotopic (exact) mass is 205 g/mol. The molecule has 2 rings (SSSR count). The average Bonchev–Trinajstić information content (AvgIpc) is 2.71. The molecule has 1 N–H and O–H groups in total. The van der Waals surface area contributed by atoms with E-state index in [1.165, 1.54) is 6.07 Å². The summed E-state index contributed by atoms with van der Waals surface area (Å²) in [5, 5.41) is 7.04. The first kappa shape index (κ1) is 9.86. The van der Waals surface area contributed by atoms with Gasteiger partial charge in [0.15, 0.2) is 0 Å². The number of benzene rings is 1. The molecule has 15 heavy (non-hydrogen) atoms. The molecule has 1 heterocycles. The molecule has 1 aromatic heterocycles. The Bertz CT molecular complexity index is 437. The maximum Gasteiger partial charge on any atom is 0.149 e. The van der Waals surface area contributed by atoms with Gasteiger partial charge in [0.25, 0.3) is 0 Å². The molecule has 2 aromatic rings. The smallest absolute Gasteiger partial charge is 0.149 e. The third-order valence-corrected chi connectivity index (χ3v) is 2.17. The van der Waals surface area contributed by atoms with Gasteiger partial charge >= 0.3 is 0 Å². The number of hydrogen-bond acceptors (Lipinski definition) is 2. The van der Waals surface area contributed by atoms with Crippen molar-refractivity contribution in [3.05, 3.63) is 48.0 Å². The van der Waals surface area contributed by atoms with Gasteiger partial charge in [-0.25, -0.2) is 9.07 Å². The van der Waals surface area contributed by atoms with Gasteiger partial charge in [0.05, 0.1) is 0 Å². The van der Waals surface area contributed by atoms with E-state index in [0.717, 1.165) is 5.56 Å². The molecule has 0 unspecified atom stereocenters. The zero-order chi connectivity index (χ0) is 10.7. The Hall–Kier alpha value is -1.68. The Labute approximate surface area is 87.5 Å². The van der Waals surface area contributed by atoms with Crippen molar-refractivity contribution in [2.45, 2.75) is 6.54 Å². The summed E-state index contributed by atoms with van der Waals surface area (Å²) in [4.78, 5) is 0. The van der Waals surface area contributed by atoms with Crippen molar-refractivity contribution in [2.24, 2.45) is 0 Å². The Balaban J connectivity index is 2.52. The van der Waals surface area contributed by atoms with Crippen molar-refractivity contribution in [3.8, 4) is 5.69 Å². The largest absolute Gasteiger partial charge is 0.316 e. The molecule has 78 valence electrons. The lowest BCUT2D eigenvalue weighted by molar-refractivity contribution is 0.605. The number of rotatable bonds is 3. The fraction of sp³-hybridized carbons (Fsp3) is 0.182. The maximum atomic E-state index is 13.6. The van der Waals surface area contributed by atoms with Crippen LogP contribution in [0.5, 0.6) is 0 Å². The molecule has 0 spiro atoms. The van der Waals surface area contributed by atoms with Crippen LogP contribution in [0.25, 0.3) is 5.69 Å². The average molecular weight is 205 g/mol. The maximum absolute atomic E-state index is 13.6. The molecule has 0 saturated carbocycles. The summed E-state index contributed by atoms with van der Waals surface area (Å²) in [5.41, 5.74) is 1.40. The van der Waals surface area contributed by atoms with E-state index in [9.17, 15) is 4.39 Å². The molecular formula is C11H12FN3. The van der Waals surface area contributed by atoms with Gasteiger partial charge in [-0.3, -0.25) is 0 Å². The van der Waals surface area contributed by atoms with Gasteiger partial charge in [0, 0.05) is 18.9 Å². The highest BCUT2D eigenvalue weighted by Crippen LogP contribution is 2.17. The lowest BCUT2D eigenvalue weighted by Crippen LogP contribution is -2.10. The van der Waals surface area contributed by atoms with E-state index in [2.05, 4.69) is 10.4 Å². The standard InChI is InChI=1S/C11H12FN3/c1-13-8-9-4-2-5-10(12)11(9)15-7-3-6-14-15/h2-7,13H,8H2,1H3. The lowest BCUT2D eigenvalue weighted by atomic mass is 10.1. The van der Waals surface area contributed by atoms with Crippen LogP contribution in [0.2, 0.25) is 0 Å². The Kier molecular flexibility index (Phi) is 2.78. The fourth-order valence-electron chi connectivity index (χ4n) is 1.55. The molecule has 0 bridgehead atoms. The second kappa shape index (κ2) is 4.23. The van der Waals surface area contributed by atoms with Crippen LogP contribution in [0, 0.1) is 5.82 Å². The minimum Gasteiger partial charge on any atom is -0.316 e. The van der Waals surface area contributed by atoms with Gasteiger partial charge < -0.3 is 5.32 Å². The summed E-state index contributed by atoms with van der Waals surface area (Å²) in [6.45, 7) is 0.618. The number of nitrogens with zero attached hydrogens (tertiary/aromatic N) is 2. The number of para-hydroxylation sites is 1. The Morgan fingerprint density at radius 3 is 2.93 bits per heavy atom. The lowest BCUT2D eigenvalue weighted by Gasteiger charge is -2.09. The molecule has 0 aliphatic carbocycles. The number of hydrogen-bond donors (Lipinski definition) is 1. The summed E-state index contributed by atoms with van der Waals surface area (Å²) >= 11 is 0. The van der Waals surface area contributed by atoms with Crippen molar-refractivity contribution < 1.29 is 4.39 Å². The highest BCUT2D eigenvalue weighted by molar-refractivity contribution is 5.41. The summed E-state index contributed by atoms with van der Waals surface area (Å²) in [7, 11) is 1.83. The van der Waals surface area contributed by atoms with Gasteiger partial charge in [-0.1, -0.05) is 12.1 Å². The molecule has 0 aliphatic rings. The predicted molar refractivity (Wildman–Crippen MR) is 56.3 cm³/mol. The SMILES string of the molecule is CNCc1cccc(F)c1-n1cccn1. The van der Waals surface area contributed by atoms with Crippen LogP contribution in [0.15, 0.2) is 36.7 Å². The normalized spacial score (nSPS) is 10.5. The molecular weight excluding hydrogens is 193 g/mol. The first-order valence-electron chi connectivity index (χ1n) is 4.75. The number of aromatic nitrogens is 2. The molecule has 0 saturated heterocycles. The van der Waals surface area contributed by atoms with E-state index in [1.54, 1.807) is 29.2 Å². The van der Waals surface area contributed by atoms with Crippen molar-refractivity contribution >= 4 is 0 Å². The minimum atomic E-state index is -0.258. The predicted octanol–water partition coefficient (Wildman–Crippen LogP) is 1.73. The molecule has 0 radical (unpaired) electrons. The molecule has 4 heteroatoms. The molecule has 3 nitrogen and oxygen atoms in total. The molecule has 0 amide bonds. The van der Waals surface area contributed by atoms with Gasteiger partial charge in [-0.05, 0) is 24.7 Å². The van der Waals surface area contributed by atoms with Crippen LogP contribution in [-0.2, 0) is 6.54 Å². The summed E-state index contributed by atoms with van der Waals surface area (Å²) in [6.07, 6.45) is 3.37. The van der Waals surface area contributed by atoms with E-state index < -0.39 is 0 Å². The van der Waals surface area contributed by atoms with Gasteiger partial charge in [-0.2, -0.15) is 5.10 Å². The molecule has 1 aromatic carbocycles. The van der Waals surface area contributed by atoms with Crippen molar-refractivity contribution in [2.75, 3.05) is 7.05 Å². The van der Waals surface area contributed by atoms with Crippen LogP contribution in [0.4, 0.5) is 4.39 Å². The van der Waals surface area contributed by atoms with Crippen LogP contribution in [0.3, 0.4) is 0 Å². The van der Waals surface area contributed by atoms with Crippen molar-refractivity contribution in [1.82, 2.24) is 15.1 Å². The Morgan fingerprint density at radius 1 is 1.40 bits per heavy atom. The van der Waals surface area contributed by atoms with E-state index in [1.807, 2.05) is 13.1 Å². The number of nitrogens with one attached hydrogen (secondary N) is 1. The Morgan fingerprint density at radius 2 is 2.27 bits per heavy atom. The van der Waals surface area contributed by atoms with Crippen molar-refractivity contribution in [1.29, 1.82) is 0 Å². The minimum absolute atomic E-state index is 0.258.